The summed E-state index contributed by atoms with van der Waals surface area (Å²) in [5.74, 6) is -0.297. The van der Waals surface area contributed by atoms with Crippen LogP contribution in [0.4, 0.5) is 15.8 Å². The third-order valence-corrected chi connectivity index (χ3v) is 5.15. The van der Waals surface area contributed by atoms with Crippen LogP contribution in [-0.2, 0) is 4.79 Å². The quantitative estimate of drug-likeness (QED) is 0.526. The van der Waals surface area contributed by atoms with E-state index in [1.54, 1.807) is 30.3 Å². The zero-order chi connectivity index (χ0) is 21.5. The fourth-order valence-corrected chi connectivity index (χ4v) is 3.37. The van der Waals surface area contributed by atoms with E-state index in [-0.39, 0.29) is 23.4 Å². The Bertz CT molecular complexity index is 887. The standard InChI is InChI=1S/C21H25FN4O4/c1-16(21(27)23-18-6-4-5-17(22)15-18)25-11-9-24(10-12-25)13-14-30-20-8-3-2-7-19(20)26(28)29/h2-8,15-16H,9-14H2,1H3,(H,23,27). The van der Waals surface area contributed by atoms with Gasteiger partial charge in [0.05, 0.1) is 11.0 Å². The highest BCUT2D eigenvalue weighted by Crippen LogP contribution is 2.25. The molecule has 1 N–H and O–H groups in total. The maximum atomic E-state index is 13.3. The fraction of sp³-hybridized carbons (Fsp3) is 0.381. The second-order valence-electron chi connectivity index (χ2n) is 7.13. The van der Waals surface area contributed by atoms with Crippen LogP contribution in [-0.4, -0.2) is 66.0 Å². The van der Waals surface area contributed by atoms with Crippen molar-refractivity contribution in [2.45, 2.75) is 13.0 Å². The van der Waals surface area contributed by atoms with Gasteiger partial charge in [-0.05, 0) is 31.2 Å². The van der Waals surface area contributed by atoms with Gasteiger partial charge in [0.1, 0.15) is 12.4 Å². The molecule has 1 heterocycles. The predicted octanol–water partition coefficient (Wildman–Crippen LogP) is 2.76. The lowest BCUT2D eigenvalue weighted by Gasteiger charge is -2.37. The highest BCUT2D eigenvalue weighted by atomic mass is 19.1. The maximum Gasteiger partial charge on any atom is 0.310 e. The summed E-state index contributed by atoms with van der Waals surface area (Å²) < 4.78 is 18.9. The minimum absolute atomic E-state index is 0.0412. The molecule has 1 unspecified atom stereocenters. The van der Waals surface area contributed by atoms with Crippen LogP contribution in [0, 0.1) is 15.9 Å². The average Bonchev–Trinajstić information content (AvgIpc) is 2.74. The second-order valence-corrected chi connectivity index (χ2v) is 7.13. The van der Waals surface area contributed by atoms with Gasteiger partial charge in [-0.3, -0.25) is 24.7 Å². The van der Waals surface area contributed by atoms with Gasteiger partial charge < -0.3 is 10.1 Å². The molecular formula is C21H25FN4O4. The molecule has 0 bridgehead atoms. The van der Waals surface area contributed by atoms with Crippen molar-refractivity contribution in [1.29, 1.82) is 0 Å². The van der Waals surface area contributed by atoms with Crippen molar-refractivity contribution in [3.8, 4) is 5.75 Å². The van der Waals surface area contributed by atoms with Gasteiger partial charge in [0.15, 0.2) is 5.75 Å². The number of rotatable bonds is 8. The van der Waals surface area contributed by atoms with E-state index in [9.17, 15) is 19.3 Å². The first-order valence-electron chi connectivity index (χ1n) is 9.83. The fourth-order valence-electron chi connectivity index (χ4n) is 3.37. The van der Waals surface area contributed by atoms with Crippen LogP contribution in [0.3, 0.4) is 0 Å². The number of nitrogens with one attached hydrogen (secondary N) is 1. The first-order chi connectivity index (χ1) is 14.4. The van der Waals surface area contributed by atoms with E-state index in [4.69, 9.17) is 4.74 Å². The zero-order valence-corrected chi connectivity index (χ0v) is 16.8. The topological polar surface area (TPSA) is 88.0 Å². The van der Waals surface area contributed by atoms with Gasteiger partial charge in [-0.2, -0.15) is 0 Å². The molecule has 1 saturated heterocycles. The highest BCUT2D eigenvalue weighted by Gasteiger charge is 2.25. The number of nitro groups is 1. The zero-order valence-electron chi connectivity index (χ0n) is 16.8. The Morgan fingerprint density at radius 3 is 2.63 bits per heavy atom. The molecule has 0 saturated carbocycles. The molecule has 1 fully saturated rings. The molecule has 9 heteroatoms. The smallest absolute Gasteiger partial charge is 0.310 e. The number of hydrogen-bond acceptors (Lipinski definition) is 6. The summed E-state index contributed by atoms with van der Waals surface area (Å²) >= 11 is 0. The molecule has 1 amide bonds. The minimum Gasteiger partial charge on any atom is -0.485 e. The van der Waals surface area contributed by atoms with Crippen LogP contribution >= 0.6 is 0 Å². The number of piperazine rings is 1. The van der Waals surface area contributed by atoms with Gasteiger partial charge in [-0.15, -0.1) is 0 Å². The van der Waals surface area contributed by atoms with Crippen LogP contribution in [0.25, 0.3) is 0 Å². The lowest BCUT2D eigenvalue weighted by Crippen LogP contribution is -2.53. The molecule has 30 heavy (non-hydrogen) atoms. The Morgan fingerprint density at radius 1 is 1.20 bits per heavy atom. The molecule has 1 aliphatic rings. The molecule has 160 valence electrons. The Morgan fingerprint density at radius 2 is 1.93 bits per heavy atom. The van der Waals surface area contributed by atoms with Crippen molar-refractivity contribution in [2.75, 3.05) is 44.6 Å². The Labute approximate surface area is 174 Å². The van der Waals surface area contributed by atoms with Crippen molar-refractivity contribution >= 4 is 17.3 Å². The van der Waals surface area contributed by atoms with Crippen molar-refractivity contribution in [2.24, 2.45) is 0 Å². The number of carbonyl (C=O) groups is 1. The van der Waals surface area contributed by atoms with Crippen molar-refractivity contribution < 1.29 is 18.8 Å². The molecule has 2 aromatic rings. The van der Waals surface area contributed by atoms with Gasteiger partial charge in [-0.25, -0.2) is 4.39 Å². The molecule has 8 nitrogen and oxygen atoms in total. The Kier molecular flexibility index (Phi) is 7.31. The van der Waals surface area contributed by atoms with Crippen molar-refractivity contribution in [1.82, 2.24) is 9.80 Å². The highest BCUT2D eigenvalue weighted by molar-refractivity contribution is 5.94. The lowest BCUT2D eigenvalue weighted by molar-refractivity contribution is -0.385. The van der Waals surface area contributed by atoms with Crippen LogP contribution < -0.4 is 10.1 Å². The number of carbonyl (C=O) groups excluding carboxylic acids is 1. The van der Waals surface area contributed by atoms with E-state index < -0.39 is 10.7 Å². The van der Waals surface area contributed by atoms with E-state index in [0.717, 1.165) is 13.1 Å². The first-order valence-corrected chi connectivity index (χ1v) is 9.83. The monoisotopic (exact) mass is 416 g/mol. The molecule has 1 atom stereocenters. The first kappa shape index (κ1) is 21.7. The van der Waals surface area contributed by atoms with E-state index in [1.807, 2.05) is 6.92 Å². The number of para-hydroxylation sites is 2. The predicted molar refractivity (Wildman–Crippen MR) is 111 cm³/mol. The number of halogens is 1. The van der Waals surface area contributed by atoms with E-state index in [0.29, 0.717) is 31.9 Å². The Hall–Kier alpha value is -3.04. The van der Waals surface area contributed by atoms with Crippen molar-refractivity contribution in [3.05, 3.63) is 64.5 Å². The van der Waals surface area contributed by atoms with Crippen LogP contribution in [0.5, 0.6) is 5.75 Å². The van der Waals surface area contributed by atoms with Crippen LogP contribution in [0.2, 0.25) is 0 Å². The summed E-state index contributed by atoms with van der Waals surface area (Å²) in [6, 6.07) is 11.8. The third-order valence-electron chi connectivity index (χ3n) is 5.15. The molecule has 0 spiro atoms. The van der Waals surface area contributed by atoms with Crippen LogP contribution in [0.1, 0.15) is 6.92 Å². The number of nitrogens with zero attached hydrogens (tertiary/aromatic N) is 3. The number of benzene rings is 2. The summed E-state index contributed by atoms with van der Waals surface area (Å²) in [6.07, 6.45) is 0. The second kappa shape index (κ2) is 10.1. The maximum absolute atomic E-state index is 13.3. The van der Waals surface area contributed by atoms with Crippen molar-refractivity contribution in [3.63, 3.8) is 0 Å². The van der Waals surface area contributed by atoms with Gasteiger partial charge in [-0.1, -0.05) is 18.2 Å². The van der Waals surface area contributed by atoms with E-state index in [1.165, 1.54) is 18.2 Å². The SMILES string of the molecule is CC(C(=O)Nc1cccc(F)c1)N1CCN(CCOc2ccccc2[N+](=O)[O-])CC1. The van der Waals surface area contributed by atoms with Gasteiger partial charge in [0.2, 0.25) is 5.91 Å². The third kappa shape index (κ3) is 5.74. The van der Waals surface area contributed by atoms with Gasteiger partial charge in [0.25, 0.3) is 0 Å². The summed E-state index contributed by atoms with van der Waals surface area (Å²) in [4.78, 5) is 27.3. The molecule has 1 aliphatic heterocycles. The molecule has 3 rings (SSSR count). The Balaban J connectivity index is 1.42. The summed E-state index contributed by atoms with van der Waals surface area (Å²) in [7, 11) is 0. The van der Waals surface area contributed by atoms with Gasteiger partial charge in [0, 0.05) is 44.5 Å². The molecule has 0 aromatic heterocycles. The number of anilines is 1. The lowest BCUT2D eigenvalue weighted by atomic mass is 10.2. The average molecular weight is 416 g/mol. The van der Waals surface area contributed by atoms with Gasteiger partial charge >= 0.3 is 5.69 Å². The number of hydrogen-bond donors (Lipinski definition) is 1. The number of ether oxygens (including phenoxy) is 1. The summed E-state index contributed by atoms with van der Waals surface area (Å²) in [5, 5.41) is 13.8. The normalized spacial score (nSPS) is 16.1. The summed E-state index contributed by atoms with van der Waals surface area (Å²) in [6.45, 7) is 5.77. The number of amides is 1. The molecule has 0 radical (unpaired) electrons. The number of nitro benzene ring substituents is 1. The van der Waals surface area contributed by atoms with E-state index in [2.05, 4.69) is 15.1 Å². The largest absolute Gasteiger partial charge is 0.485 e. The summed E-state index contributed by atoms with van der Waals surface area (Å²) in [5.41, 5.74) is 0.401. The molecule has 0 aliphatic carbocycles. The minimum atomic E-state index is -0.454. The molecular weight excluding hydrogens is 391 g/mol. The van der Waals surface area contributed by atoms with E-state index >= 15 is 0 Å². The molecule has 2 aromatic carbocycles. The van der Waals surface area contributed by atoms with Crippen LogP contribution in [0.15, 0.2) is 48.5 Å².